The highest BCUT2D eigenvalue weighted by Gasteiger charge is 2.23. The van der Waals surface area contributed by atoms with Crippen molar-refractivity contribution in [1.82, 2.24) is 9.44 Å². The molecule has 0 bridgehead atoms. The summed E-state index contributed by atoms with van der Waals surface area (Å²) in [6.07, 6.45) is 0.0742. The second kappa shape index (κ2) is 6.79. The zero-order valence-electron chi connectivity index (χ0n) is 9.56. The number of rotatable bonds is 8. The molecule has 8 heteroatoms. The van der Waals surface area contributed by atoms with Gasteiger partial charge < -0.3 is 9.84 Å². The van der Waals surface area contributed by atoms with Crippen molar-refractivity contribution in [2.75, 3.05) is 13.7 Å². The zero-order chi connectivity index (χ0) is 12.8. The fourth-order valence-corrected chi connectivity index (χ4v) is 2.28. The monoisotopic (exact) mass is 254 g/mol. The maximum atomic E-state index is 11.4. The molecule has 7 nitrogen and oxygen atoms in total. The van der Waals surface area contributed by atoms with E-state index in [0.29, 0.717) is 0 Å². The number of carboxylic acids is 1. The summed E-state index contributed by atoms with van der Waals surface area (Å²) < 4.78 is 31.8. The number of hydrogen-bond donors (Lipinski definition) is 3. The van der Waals surface area contributed by atoms with Crippen molar-refractivity contribution in [3.8, 4) is 0 Å². The third-order valence-electron chi connectivity index (χ3n) is 1.60. The Labute approximate surface area is 95.4 Å². The summed E-state index contributed by atoms with van der Waals surface area (Å²) in [7, 11) is -2.38. The summed E-state index contributed by atoms with van der Waals surface area (Å²) in [6.45, 7) is 3.45. The Morgan fingerprint density at radius 3 is 2.31 bits per heavy atom. The second-order valence-electron chi connectivity index (χ2n) is 3.57. The number of carboxylic acid groups (broad SMARTS) is 1. The highest BCUT2D eigenvalue weighted by atomic mass is 32.2. The fourth-order valence-electron chi connectivity index (χ4n) is 1.00. The number of carbonyl (C=O) groups is 1. The first kappa shape index (κ1) is 15.3. The van der Waals surface area contributed by atoms with Crippen molar-refractivity contribution in [3.63, 3.8) is 0 Å². The Morgan fingerprint density at radius 1 is 1.38 bits per heavy atom. The molecule has 0 aromatic heterocycles. The van der Waals surface area contributed by atoms with E-state index >= 15 is 0 Å². The average Bonchev–Trinajstić information content (AvgIpc) is 2.09. The first-order valence-electron chi connectivity index (χ1n) is 4.80. The molecule has 0 aromatic rings. The van der Waals surface area contributed by atoms with E-state index in [4.69, 9.17) is 9.84 Å². The first-order valence-corrected chi connectivity index (χ1v) is 6.28. The van der Waals surface area contributed by atoms with E-state index in [0.717, 1.165) is 0 Å². The maximum Gasteiger partial charge on any atom is 0.321 e. The lowest BCUT2D eigenvalue weighted by molar-refractivity contribution is -0.139. The van der Waals surface area contributed by atoms with Gasteiger partial charge in [0.25, 0.3) is 10.2 Å². The number of hydrogen-bond acceptors (Lipinski definition) is 4. The molecular formula is C8H18N2O5S. The van der Waals surface area contributed by atoms with E-state index in [1.165, 1.54) is 7.11 Å². The van der Waals surface area contributed by atoms with Crippen LogP contribution < -0.4 is 9.44 Å². The molecule has 0 spiro atoms. The molecule has 0 fully saturated rings. The molecule has 3 N–H and O–H groups in total. The van der Waals surface area contributed by atoms with E-state index in [1.807, 2.05) is 4.72 Å². The van der Waals surface area contributed by atoms with Crippen molar-refractivity contribution >= 4 is 16.2 Å². The minimum absolute atomic E-state index is 0.0742. The van der Waals surface area contributed by atoms with E-state index in [-0.39, 0.29) is 19.1 Å². The quantitative estimate of drug-likeness (QED) is 0.531. The van der Waals surface area contributed by atoms with Crippen molar-refractivity contribution < 1.29 is 23.1 Å². The van der Waals surface area contributed by atoms with Crippen LogP contribution in [0.15, 0.2) is 0 Å². The Bertz CT molecular complexity index is 314. The van der Waals surface area contributed by atoms with Gasteiger partial charge in [-0.3, -0.25) is 4.79 Å². The van der Waals surface area contributed by atoms with Crippen molar-refractivity contribution in [2.24, 2.45) is 0 Å². The van der Waals surface area contributed by atoms with Crippen LogP contribution in [0.2, 0.25) is 0 Å². The number of aliphatic carboxylic acids is 1. The lowest BCUT2D eigenvalue weighted by Crippen LogP contribution is -2.48. The second-order valence-corrected chi connectivity index (χ2v) is 5.04. The van der Waals surface area contributed by atoms with Crippen LogP contribution in [0.3, 0.4) is 0 Å². The van der Waals surface area contributed by atoms with Crippen LogP contribution in [-0.2, 0) is 19.7 Å². The number of ether oxygens (including phenoxy) is 1. The molecule has 0 amide bonds. The SMILES string of the molecule is COCCC(NS(=O)(=O)NC(C)C)C(=O)O. The topological polar surface area (TPSA) is 105 Å². The molecule has 0 rings (SSSR count). The van der Waals surface area contributed by atoms with Crippen LogP contribution in [0.4, 0.5) is 0 Å². The summed E-state index contributed by atoms with van der Waals surface area (Å²) in [4.78, 5) is 10.8. The summed E-state index contributed by atoms with van der Waals surface area (Å²) in [5.41, 5.74) is 0. The molecule has 1 unspecified atom stereocenters. The van der Waals surface area contributed by atoms with Gasteiger partial charge >= 0.3 is 5.97 Å². The normalized spacial score (nSPS) is 14.0. The van der Waals surface area contributed by atoms with Crippen LogP contribution in [-0.4, -0.2) is 45.3 Å². The predicted molar refractivity (Wildman–Crippen MR) is 58.2 cm³/mol. The smallest absolute Gasteiger partial charge is 0.321 e. The largest absolute Gasteiger partial charge is 0.480 e. The summed E-state index contributed by atoms with van der Waals surface area (Å²) in [5, 5.41) is 8.79. The number of methoxy groups -OCH3 is 1. The zero-order valence-corrected chi connectivity index (χ0v) is 10.4. The highest BCUT2D eigenvalue weighted by molar-refractivity contribution is 7.87. The van der Waals surface area contributed by atoms with Gasteiger partial charge in [-0.2, -0.15) is 17.9 Å². The van der Waals surface area contributed by atoms with E-state index in [1.54, 1.807) is 13.8 Å². The molecular weight excluding hydrogens is 236 g/mol. The summed E-state index contributed by atoms with van der Waals surface area (Å²) in [5.74, 6) is -1.23. The summed E-state index contributed by atoms with van der Waals surface area (Å²) >= 11 is 0. The van der Waals surface area contributed by atoms with Gasteiger partial charge in [0.05, 0.1) is 0 Å². The van der Waals surface area contributed by atoms with Crippen LogP contribution >= 0.6 is 0 Å². The Kier molecular flexibility index (Phi) is 6.49. The molecule has 0 radical (unpaired) electrons. The number of nitrogens with one attached hydrogen (secondary N) is 2. The van der Waals surface area contributed by atoms with Gasteiger partial charge in [-0.1, -0.05) is 0 Å². The molecule has 0 aliphatic carbocycles. The molecule has 0 saturated heterocycles. The minimum atomic E-state index is -3.79. The van der Waals surface area contributed by atoms with Crippen LogP contribution in [0.5, 0.6) is 0 Å². The Morgan fingerprint density at radius 2 is 1.94 bits per heavy atom. The van der Waals surface area contributed by atoms with Crippen LogP contribution in [0, 0.1) is 0 Å². The molecule has 0 aliphatic heterocycles. The van der Waals surface area contributed by atoms with Gasteiger partial charge in [0, 0.05) is 19.8 Å². The summed E-state index contributed by atoms with van der Waals surface area (Å²) in [6, 6.07) is -1.48. The predicted octanol–water partition coefficient (Wildman–Crippen LogP) is -0.691. The van der Waals surface area contributed by atoms with Gasteiger partial charge in [0.15, 0.2) is 0 Å². The minimum Gasteiger partial charge on any atom is -0.480 e. The van der Waals surface area contributed by atoms with Gasteiger partial charge in [-0.25, -0.2) is 0 Å². The Balaban J connectivity index is 4.44. The maximum absolute atomic E-state index is 11.4. The lowest BCUT2D eigenvalue weighted by atomic mass is 10.2. The lowest BCUT2D eigenvalue weighted by Gasteiger charge is -2.16. The molecule has 0 aromatic carbocycles. The van der Waals surface area contributed by atoms with Crippen molar-refractivity contribution in [2.45, 2.75) is 32.4 Å². The molecule has 0 aliphatic rings. The van der Waals surface area contributed by atoms with Gasteiger partial charge in [-0.05, 0) is 20.3 Å². The average molecular weight is 254 g/mol. The molecule has 0 heterocycles. The van der Waals surface area contributed by atoms with Gasteiger partial charge in [0.2, 0.25) is 0 Å². The van der Waals surface area contributed by atoms with Crippen LogP contribution in [0.25, 0.3) is 0 Å². The van der Waals surface area contributed by atoms with E-state index < -0.39 is 22.2 Å². The molecule has 0 saturated carbocycles. The highest BCUT2D eigenvalue weighted by Crippen LogP contribution is 1.96. The standard InChI is InChI=1S/C8H18N2O5S/c1-6(2)9-16(13,14)10-7(8(11)12)4-5-15-3/h6-7,9-10H,4-5H2,1-3H3,(H,11,12). The fraction of sp³-hybridized carbons (Fsp3) is 0.875. The van der Waals surface area contributed by atoms with Crippen molar-refractivity contribution in [3.05, 3.63) is 0 Å². The van der Waals surface area contributed by atoms with E-state index in [2.05, 4.69) is 4.72 Å². The van der Waals surface area contributed by atoms with Gasteiger partial charge in [0.1, 0.15) is 6.04 Å². The van der Waals surface area contributed by atoms with Crippen LogP contribution in [0.1, 0.15) is 20.3 Å². The van der Waals surface area contributed by atoms with E-state index in [9.17, 15) is 13.2 Å². The third-order valence-corrected chi connectivity index (χ3v) is 2.97. The first-order chi connectivity index (χ1) is 7.28. The van der Waals surface area contributed by atoms with Crippen molar-refractivity contribution in [1.29, 1.82) is 0 Å². The molecule has 16 heavy (non-hydrogen) atoms. The Hall–Kier alpha value is -0.700. The van der Waals surface area contributed by atoms with Gasteiger partial charge in [-0.15, -0.1) is 0 Å². The molecule has 96 valence electrons. The molecule has 1 atom stereocenters. The third kappa shape index (κ3) is 6.72.